The molecule has 0 saturated heterocycles. The van der Waals surface area contributed by atoms with Crippen LogP contribution in [0, 0.1) is 0 Å². The standard InChI is InChI=1S/C11H15N3S/c1-3-15-11(12)14-13-9(2)10-7-5-4-6-8-10/h4-8H,3H2,1-2H3,(H2,12,14). The number of nitrogens with zero attached hydrogens (tertiary/aromatic N) is 2. The highest BCUT2D eigenvalue weighted by Gasteiger charge is 1.95. The Hall–Kier alpha value is -1.29. The van der Waals surface area contributed by atoms with Crippen molar-refractivity contribution in [3.8, 4) is 0 Å². The fraction of sp³-hybridized carbons (Fsp3) is 0.273. The largest absolute Gasteiger partial charge is 0.377 e. The van der Waals surface area contributed by atoms with Gasteiger partial charge in [0.15, 0.2) is 5.17 Å². The van der Waals surface area contributed by atoms with Gasteiger partial charge in [-0.3, -0.25) is 0 Å². The molecule has 0 bridgehead atoms. The van der Waals surface area contributed by atoms with Gasteiger partial charge in [0.1, 0.15) is 0 Å². The van der Waals surface area contributed by atoms with Crippen molar-refractivity contribution < 1.29 is 0 Å². The van der Waals surface area contributed by atoms with Crippen LogP contribution in [0.2, 0.25) is 0 Å². The molecule has 0 atom stereocenters. The van der Waals surface area contributed by atoms with Gasteiger partial charge >= 0.3 is 0 Å². The highest BCUT2D eigenvalue weighted by molar-refractivity contribution is 8.13. The number of benzene rings is 1. The van der Waals surface area contributed by atoms with Gasteiger partial charge in [-0.1, -0.05) is 49.0 Å². The molecule has 0 amide bonds. The summed E-state index contributed by atoms with van der Waals surface area (Å²) in [5, 5.41) is 8.51. The average molecular weight is 221 g/mol. The van der Waals surface area contributed by atoms with Crippen molar-refractivity contribution in [2.24, 2.45) is 15.9 Å². The van der Waals surface area contributed by atoms with Crippen LogP contribution in [-0.4, -0.2) is 16.6 Å². The molecule has 15 heavy (non-hydrogen) atoms. The van der Waals surface area contributed by atoms with E-state index in [-0.39, 0.29) is 0 Å². The van der Waals surface area contributed by atoms with Crippen LogP contribution in [-0.2, 0) is 0 Å². The minimum Gasteiger partial charge on any atom is -0.377 e. The zero-order valence-electron chi connectivity index (χ0n) is 8.97. The minimum absolute atomic E-state index is 0.507. The maximum absolute atomic E-state index is 5.62. The summed E-state index contributed by atoms with van der Waals surface area (Å²) < 4.78 is 0. The fourth-order valence-electron chi connectivity index (χ4n) is 1.04. The summed E-state index contributed by atoms with van der Waals surface area (Å²) in [5.41, 5.74) is 7.55. The van der Waals surface area contributed by atoms with Gasteiger partial charge in [0.05, 0.1) is 5.71 Å². The molecule has 1 aromatic carbocycles. The highest BCUT2D eigenvalue weighted by Crippen LogP contribution is 2.02. The molecule has 0 aromatic heterocycles. The van der Waals surface area contributed by atoms with E-state index in [9.17, 15) is 0 Å². The van der Waals surface area contributed by atoms with Crippen molar-refractivity contribution in [2.75, 3.05) is 5.75 Å². The third-order valence-corrected chi connectivity index (χ3v) is 2.45. The van der Waals surface area contributed by atoms with Crippen molar-refractivity contribution in [1.29, 1.82) is 0 Å². The molecule has 0 aliphatic heterocycles. The zero-order valence-corrected chi connectivity index (χ0v) is 9.79. The Morgan fingerprint density at radius 1 is 1.27 bits per heavy atom. The quantitative estimate of drug-likeness (QED) is 0.484. The Morgan fingerprint density at radius 3 is 2.53 bits per heavy atom. The molecule has 3 nitrogen and oxygen atoms in total. The minimum atomic E-state index is 0.507. The predicted molar refractivity (Wildman–Crippen MR) is 68.4 cm³/mol. The van der Waals surface area contributed by atoms with Crippen molar-refractivity contribution in [1.82, 2.24) is 0 Å². The third-order valence-electron chi connectivity index (χ3n) is 1.78. The molecule has 0 heterocycles. The van der Waals surface area contributed by atoms with Gasteiger partial charge in [-0.25, -0.2) is 0 Å². The monoisotopic (exact) mass is 221 g/mol. The van der Waals surface area contributed by atoms with Gasteiger partial charge in [0.25, 0.3) is 0 Å². The first-order chi connectivity index (χ1) is 7.24. The van der Waals surface area contributed by atoms with Crippen molar-refractivity contribution in [2.45, 2.75) is 13.8 Å². The Morgan fingerprint density at radius 2 is 1.93 bits per heavy atom. The molecule has 0 aliphatic carbocycles. The lowest BCUT2D eigenvalue weighted by molar-refractivity contribution is 1.23. The molecule has 2 N–H and O–H groups in total. The second kappa shape index (κ2) is 6.24. The van der Waals surface area contributed by atoms with Gasteiger partial charge < -0.3 is 5.73 Å². The van der Waals surface area contributed by atoms with Crippen molar-refractivity contribution in [3.05, 3.63) is 35.9 Å². The Bertz CT molecular complexity index is 357. The number of amidine groups is 1. The molecule has 0 spiro atoms. The third kappa shape index (κ3) is 4.16. The lowest BCUT2D eigenvalue weighted by Crippen LogP contribution is -2.06. The molecule has 0 unspecified atom stereocenters. The fourth-order valence-corrected chi connectivity index (χ4v) is 1.43. The van der Waals surface area contributed by atoms with E-state index in [0.717, 1.165) is 17.0 Å². The van der Waals surface area contributed by atoms with E-state index < -0.39 is 0 Å². The SMILES string of the molecule is CCSC(N)=NN=C(C)c1ccccc1. The summed E-state index contributed by atoms with van der Waals surface area (Å²) in [6.45, 7) is 3.95. The Balaban J connectivity index is 2.73. The van der Waals surface area contributed by atoms with Crippen LogP contribution in [0.3, 0.4) is 0 Å². The Kier molecular flexibility index (Phi) is 4.90. The molecule has 1 aromatic rings. The van der Waals surface area contributed by atoms with Crippen LogP contribution in [0.15, 0.2) is 40.5 Å². The summed E-state index contributed by atoms with van der Waals surface area (Å²) in [4.78, 5) is 0. The second-order valence-electron chi connectivity index (χ2n) is 2.92. The summed E-state index contributed by atoms with van der Waals surface area (Å²) in [6, 6.07) is 9.92. The van der Waals surface area contributed by atoms with E-state index >= 15 is 0 Å². The second-order valence-corrected chi connectivity index (χ2v) is 4.21. The first-order valence-electron chi connectivity index (χ1n) is 4.80. The van der Waals surface area contributed by atoms with Crippen molar-refractivity contribution >= 4 is 22.6 Å². The normalized spacial score (nSPS) is 12.9. The van der Waals surface area contributed by atoms with Gasteiger partial charge in [-0.2, -0.15) is 5.10 Å². The zero-order chi connectivity index (χ0) is 11.1. The van der Waals surface area contributed by atoms with E-state index in [0.29, 0.717) is 5.17 Å². The smallest absolute Gasteiger partial charge is 0.180 e. The maximum atomic E-state index is 5.62. The van der Waals surface area contributed by atoms with Crippen LogP contribution in [0.25, 0.3) is 0 Å². The molecule has 0 radical (unpaired) electrons. The molecule has 80 valence electrons. The van der Waals surface area contributed by atoms with Gasteiger partial charge in [-0.15, -0.1) is 5.10 Å². The molecule has 0 aliphatic rings. The highest BCUT2D eigenvalue weighted by atomic mass is 32.2. The van der Waals surface area contributed by atoms with Gasteiger partial charge in [0.2, 0.25) is 0 Å². The topological polar surface area (TPSA) is 50.7 Å². The van der Waals surface area contributed by atoms with Crippen LogP contribution in [0.1, 0.15) is 19.4 Å². The number of hydrogen-bond acceptors (Lipinski definition) is 3. The van der Waals surface area contributed by atoms with Gasteiger partial charge in [0, 0.05) is 0 Å². The number of hydrogen-bond donors (Lipinski definition) is 1. The summed E-state index contributed by atoms with van der Waals surface area (Å²) in [5.74, 6) is 0.912. The first kappa shape index (κ1) is 11.8. The molecule has 1 rings (SSSR count). The van der Waals surface area contributed by atoms with E-state index in [1.165, 1.54) is 11.8 Å². The summed E-state index contributed by atoms with van der Waals surface area (Å²) in [6.07, 6.45) is 0. The Labute approximate surface area is 94.5 Å². The predicted octanol–water partition coefficient (Wildman–Crippen LogP) is 2.48. The number of nitrogens with two attached hydrogens (primary N) is 1. The molecule has 0 fully saturated rings. The maximum Gasteiger partial charge on any atom is 0.180 e. The lowest BCUT2D eigenvalue weighted by Gasteiger charge is -1.97. The first-order valence-corrected chi connectivity index (χ1v) is 5.78. The number of rotatable bonds is 3. The average Bonchev–Trinajstić information content (AvgIpc) is 2.27. The van der Waals surface area contributed by atoms with Crippen LogP contribution >= 0.6 is 11.8 Å². The van der Waals surface area contributed by atoms with Crippen LogP contribution in [0.4, 0.5) is 0 Å². The van der Waals surface area contributed by atoms with E-state index in [4.69, 9.17) is 5.73 Å². The molecule has 4 heteroatoms. The van der Waals surface area contributed by atoms with Crippen LogP contribution in [0.5, 0.6) is 0 Å². The van der Waals surface area contributed by atoms with Crippen molar-refractivity contribution in [3.63, 3.8) is 0 Å². The van der Waals surface area contributed by atoms with E-state index in [1.54, 1.807) is 0 Å². The van der Waals surface area contributed by atoms with Crippen LogP contribution < -0.4 is 5.73 Å². The number of thioether (sulfide) groups is 1. The molecular formula is C11H15N3S. The molecule has 0 saturated carbocycles. The lowest BCUT2D eigenvalue weighted by atomic mass is 10.1. The van der Waals surface area contributed by atoms with E-state index in [1.807, 2.05) is 44.2 Å². The summed E-state index contributed by atoms with van der Waals surface area (Å²) in [7, 11) is 0. The summed E-state index contributed by atoms with van der Waals surface area (Å²) >= 11 is 1.49. The molecular weight excluding hydrogens is 206 g/mol. The van der Waals surface area contributed by atoms with Gasteiger partial charge in [-0.05, 0) is 18.2 Å². The van der Waals surface area contributed by atoms with E-state index in [2.05, 4.69) is 10.2 Å².